The van der Waals surface area contributed by atoms with Crippen molar-refractivity contribution in [1.82, 2.24) is 19.8 Å². The second-order valence-electron chi connectivity index (χ2n) is 8.56. The SMILES string of the molecule is O=C(CCN1C(=S)N[C@H](c2ccccn2)[C@H]1c1cccn1-c1cccc([N+](=O)[O-])c1)Nc1ccccc1. The van der Waals surface area contributed by atoms with E-state index in [-0.39, 0.29) is 30.1 Å². The van der Waals surface area contributed by atoms with Crippen molar-refractivity contribution in [2.75, 3.05) is 11.9 Å². The van der Waals surface area contributed by atoms with Crippen LogP contribution in [-0.4, -0.2) is 36.9 Å². The maximum absolute atomic E-state index is 12.7. The van der Waals surface area contributed by atoms with Crippen LogP contribution in [0.5, 0.6) is 0 Å². The number of thiocarbonyl (C=S) groups is 1. The Morgan fingerprint density at radius 2 is 1.86 bits per heavy atom. The van der Waals surface area contributed by atoms with E-state index in [1.165, 1.54) is 12.1 Å². The van der Waals surface area contributed by atoms with Crippen LogP contribution in [0.3, 0.4) is 0 Å². The monoisotopic (exact) mass is 512 g/mol. The molecule has 186 valence electrons. The zero-order valence-corrected chi connectivity index (χ0v) is 20.5. The summed E-state index contributed by atoms with van der Waals surface area (Å²) in [6, 6.07) is 24.8. The lowest BCUT2D eigenvalue weighted by molar-refractivity contribution is -0.384. The molecule has 3 heterocycles. The van der Waals surface area contributed by atoms with Gasteiger partial charge >= 0.3 is 0 Å². The highest BCUT2D eigenvalue weighted by Gasteiger charge is 2.41. The topological polar surface area (TPSA) is 105 Å². The molecule has 2 aromatic carbocycles. The zero-order chi connectivity index (χ0) is 25.8. The Hall–Kier alpha value is -4.57. The van der Waals surface area contributed by atoms with Crippen molar-refractivity contribution in [3.63, 3.8) is 0 Å². The number of aromatic nitrogens is 2. The van der Waals surface area contributed by atoms with Gasteiger partial charge in [-0.1, -0.05) is 30.3 Å². The van der Waals surface area contributed by atoms with E-state index in [0.717, 1.165) is 17.1 Å². The first-order chi connectivity index (χ1) is 18.0. The number of anilines is 1. The number of nitrogens with one attached hydrogen (secondary N) is 2. The standard InChI is InChI=1S/C27H24N6O3S/c34-24(29-19-8-2-1-3-9-19)14-17-32-26(25(30-27(32)37)22-12-4-5-15-28-22)23-13-7-16-31(23)20-10-6-11-21(18-20)33(35)36/h1-13,15-16,18,25-26H,14,17H2,(H,29,34)(H,30,37)/t25-,26-/m1/s1. The fraction of sp³-hybridized carbons (Fsp3) is 0.148. The van der Waals surface area contributed by atoms with Gasteiger partial charge < -0.3 is 20.1 Å². The van der Waals surface area contributed by atoms with Crippen molar-refractivity contribution in [1.29, 1.82) is 0 Å². The molecule has 1 aliphatic rings. The van der Waals surface area contributed by atoms with Crippen LogP contribution in [0.15, 0.2) is 97.3 Å². The van der Waals surface area contributed by atoms with Gasteiger partial charge in [-0.15, -0.1) is 0 Å². The van der Waals surface area contributed by atoms with E-state index < -0.39 is 4.92 Å². The summed E-state index contributed by atoms with van der Waals surface area (Å²) in [5.41, 5.74) is 3.07. The molecular formula is C27H24N6O3S. The first-order valence-corrected chi connectivity index (χ1v) is 12.2. The molecule has 0 saturated carbocycles. The number of carbonyl (C=O) groups excluding carboxylic acids is 1. The Morgan fingerprint density at radius 3 is 2.62 bits per heavy atom. The van der Waals surface area contributed by atoms with Crippen LogP contribution < -0.4 is 10.6 Å². The zero-order valence-electron chi connectivity index (χ0n) is 19.7. The van der Waals surface area contributed by atoms with E-state index in [0.29, 0.717) is 17.3 Å². The highest BCUT2D eigenvalue weighted by atomic mass is 32.1. The highest BCUT2D eigenvalue weighted by molar-refractivity contribution is 7.80. The summed E-state index contributed by atoms with van der Waals surface area (Å²) in [5, 5.41) is 18.2. The van der Waals surface area contributed by atoms with Gasteiger partial charge in [0, 0.05) is 48.9 Å². The van der Waals surface area contributed by atoms with Gasteiger partial charge in [-0.2, -0.15) is 0 Å². The van der Waals surface area contributed by atoms with Crippen LogP contribution in [-0.2, 0) is 4.79 Å². The molecule has 0 aliphatic carbocycles. The van der Waals surface area contributed by atoms with Crippen LogP contribution in [0.2, 0.25) is 0 Å². The Bertz CT molecular complexity index is 1430. The Balaban J connectivity index is 1.47. The molecule has 0 radical (unpaired) electrons. The highest BCUT2D eigenvalue weighted by Crippen LogP contribution is 2.39. The number of benzene rings is 2. The smallest absolute Gasteiger partial charge is 0.271 e. The van der Waals surface area contributed by atoms with E-state index in [2.05, 4.69) is 15.6 Å². The maximum Gasteiger partial charge on any atom is 0.271 e. The third kappa shape index (κ3) is 5.19. The molecule has 9 nitrogen and oxygen atoms in total. The maximum atomic E-state index is 12.7. The number of carbonyl (C=O) groups is 1. The van der Waals surface area contributed by atoms with E-state index >= 15 is 0 Å². The van der Waals surface area contributed by atoms with Crippen LogP contribution in [0.25, 0.3) is 5.69 Å². The Kier molecular flexibility index (Phi) is 6.91. The van der Waals surface area contributed by atoms with Crippen molar-refractivity contribution < 1.29 is 9.72 Å². The Labute approximate surface area is 218 Å². The van der Waals surface area contributed by atoms with Gasteiger partial charge in [-0.25, -0.2) is 0 Å². The molecular weight excluding hydrogens is 488 g/mol. The van der Waals surface area contributed by atoms with Gasteiger partial charge in [0.15, 0.2) is 5.11 Å². The molecule has 2 atom stereocenters. The number of nitrogens with zero attached hydrogens (tertiary/aromatic N) is 4. The Morgan fingerprint density at radius 1 is 1.05 bits per heavy atom. The molecule has 1 fully saturated rings. The van der Waals surface area contributed by atoms with Gasteiger partial charge in [0.2, 0.25) is 5.91 Å². The lowest BCUT2D eigenvalue weighted by atomic mass is 10.0. The number of amides is 1. The van der Waals surface area contributed by atoms with Gasteiger partial charge in [0.05, 0.1) is 28.4 Å². The largest absolute Gasteiger partial charge is 0.352 e. The number of non-ortho nitro benzene ring substituents is 1. The molecule has 0 unspecified atom stereocenters. The first kappa shape index (κ1) is 24.1. The summed E-state index contributed by atoms with van der Waals surface area (Å²) < 4.78 is 1.92. The molecule has 2 aromatic heterocycles. The number of hydrogen-bond donors (Lipinski definition) is 2. The molecule has 5 rings (SSSR count). The fourth-order valence-electron chi connectivity index (χ4n) is 4.56. The summed E-state index contributed by atoms with van der Waals surface area (Å²) in [4.78, 5) is 30.3. The van der Waals surface area contributed by atoms with Gasteiger partial charge in [-0.05, 0) is 54.7 Å². The summed E-state index contributed by atoms with van der Waals surface area (Å²) in [7, 11) is 0. The summed E-state index contributed by atoms with van der Waals surface area (Å²) >= 11 is 5.72. The lowest BCUT2D eigenvalue weighted by Crippen LogP contribution is -2.33. The van der Waals surface area contributed by atoms with E-state index in [1.54, 1.807) is 12.3 Å². The third-order valence-corrected chi connectivity index (χ3v) is 6.59. The van der Waals surface area contributed by atoms with Gasteiger partial charge in [0.1, 0.15) is 0 Å². The molecule has 4 aromatic rings. The van der Waals surface area contributed by atoms with Crippen LogP contribution >= 0.6 is 12.2 Å². The van der Waals surface area contributed by atoms with Crippen LogP contribution in [0.4, 0.5) is 11.4 Å². The second-order valence-corrected chi connectivity index (χ2v) is 8.95. The summed E-state index contributed by atoms with van der Waals surface area (Å²) in [6.45, 7) is 0.374. The van der Waals surface area contributed by atoms with E-state index in [9.17, 15) is 14.9 Å². The number of para-hydroxylation sites is 1. The van der Waals surface area contributed by atoms with Crippen LogP contribution in [0, 0.1) is 10.1 Å². The summed E-state index contributed by atoms with van der Waals surface area (Å²) in [5.74, 6) is -0.122. The number of nitro benzene ring substituents is 1. The molecule has 0 spiro atoms. The lowest BCUT2D eigenvalue weighted by Gasteiger charge is -2.28. The molecule has 0 bridgehead atoms. The molecule has 1 saturated heterocycles. The second kappa shape index (κ2) is 10.6. The van der Waals surface area contributed by atoms with Crippen molar-refractivity contribution in [3.05, 3.63) is 119 Å². The average Bonchev–Trinajstić information content (AvgIpc) is 3.53. The quantitative estimate of drug-likeness (QED) is 0.199. The number of hydrogen-bond acceptors (Lipinski definition) is 5. The molecule has 1 amide bonds. The fourth-order valence-corrected chi connectivity index (χ4v) is 4.89. The van der Waals surface area contributed by atoms with Crippen molar-refractivity contribution >= 4 is 34.6 Å². The number of nitro groups is 1. The minimum absolute atomic E-state index is 0.00735. The first-order valence-electron chi connectivity index (χ1n) is 11.8. The van der Waals surface area contributed by atoms with Crippen molar-refractivity contribution in [2.24, 2.45) is 0 Å². The average molecular weight is 513 g/mol. The molecule has 37 heavy (non-hydrogen) atoms. The van der Waals surface area contributed by atoms with Crippen LogP contribution in [0.1, 0.15) is 29.9 Å². The normalized spacial score (nSPS) is 16.9. The number of rotatable bonds is 8. The number of pyridine rings is 1. The predicted molar refractivity (Wildman–Crippen MR) is 144 cm³/mol. The summed E-state index contributed by atoms with van der Waals surface area (Å²) in [6.07, 6.45) is 3.82. The molecule has 10 heteroatoms. The third-order valence-electron chi connectivity index (χ3n) is 6.24. The van der Waals surface area contributed by atoms with Gasteiger partial charge in [-0.3, -0.25) is 19.9 Å². The minimum atomic E-state index is -0.409. The van der Waals surface area contributed by atoms with E-state index in [4.69, 9.17) is 12.2 Å². The van der Waals surface area contributed by atoms with Crippen molar-refractivity contribution in [3.8, 4) is 5.69 Å². The van der Waals surface area contributed by atoms with Crippen molar-refractivity contribution in [2.45, 2.75) is 18.5 Å². The molecule has 1 aliphatic heterocycles. The van der Waals surface area contributed by atoms with Gasteiger partial charge in [0.25, 0.3) is 5.69 Å². The molecule has 2 N–H and O–H groups in total. The van der Waals surface area contributed by atoms with E-state index in [1.807, 2.05) is 82.4 Å². The minimum Gasteiger partial charge on any atom is -0.352 e. The predicted octanol–water partition coefficient (Wildman–Crippen LogP) is 4.78.